The van der Waals surface area contributed by atoms with Crippen molar-refractivity contribution in [3.05, 3.63) is 29.3 Å². The number of nitrogens with one attached hydrogen (secondary N) is 1. The average molecular weight is 233 g/mol. The lowest BCUT2D eigenvalue weighted by Gasteiger charge is -2.27. The van der Waals surface area contributed by atoms with Gasteiger partial charge in [-0.3, -0.25) is 0 Å². The van der Waals surface area contributed by atoms with Gasteiger partial charge in [-0.05, 0) is 56.8 Å². The molecule has 2 unspecified atom stereocenters. The summed E-state index contributed by atoms with van der Waals surface area (Å²) < 4.78 is 6.03. The van der Waals surface area contributed by atoms with E-state index in [0.29, 0.717) is 12.1 Å². The summed E-state index contributed by atoms with van der Waals surface area (Å²) in [5.74, 6) is 1.09. The van der Waals surface area contributed by atoms with Crippen molar-refractivity contribution >= 4 is 0 Å². The molecular formula is C15H23NO. The summed E-state index contributed by atoms with van der Waals surface area (Å²) in [4.78, 5) is 0. The lowest BCUT2D eigenvalue weighted by atomic mass is 9.87. The molecule has 0 amide bonds. The van der Waals surface area contributed by atoms with Crippen molar-refractivity contribution in [3.8, 4) is 5.75 Å². The van der Waals surface area contributed by atoms with E-state index in [1.807, 2.05) is 7.05 Å². The van der Waals surface area contributed by atoms with Gasteiger partial charge in [0.25, 0.3) is 0 Å². The van der Waals surface area contributed by atoms with Crippen LogP contribution in [0.3, 0.4) is 0 Å². The highest BCUT2D eigenvalue weighted by Gasteiger charge is 2.21. The van der Waals surface area contributed by atoms with E-state index < -0.39 is 0 Å². The van der Waals surface area contributed by atoms with Gasteiger partial charge in [-0.25, -0.2) is 0 Å². The van der Waals surface area contributed by atoms with Crippen LogP contribution in [0.1, 0.15) is 50.3 Å². The summed E-state index contributed by atoms with van der Waals surface area (Å²) in [5.41, 5.74) is 2.85. The van der Waals surface area contributed by atoms with Crippen LogP contribution in [0.25, 0.3) is 0 Å². The molecular weight excluding hydrogens is 210 g/mol. The predicted molar refractivity (Wildman–Crippen MR) is 71.6 cm³/mol. The van der Waals surface area contributed by atoms with Crippen molar-refractivity contribution in [1.82, 2.24) is 5.32 Å². The van der Waals surface area contributed by atoms with E-state index in [0.717, 1.165) is 18.6 Å². The molecule has 94 valence electrons. The monoisotopic (exact) mass is 233 g/mol. The molecule has 2 atom stereocenters. The Morgan fingerprint density at radius 1 is 1.47 bits per heavy atom. The van der Waals surface area contributed by atoms with Gasteiger partial charge in [0.2, 0.25) is 0 Å². The summed E-state index contributed by atoms with van der Waals surface area (Å²) >= 11 is 0. The van der Waals surface area contributed by atoms with Gasteiger partial charge in [0.15, 0.2) is 0 Å². The minimum Gasteiger partial charge on any atom is -0.490 e. The second-order valence-electron chi connectivity index (χ2n) is 4.89. The SMILES string of the molecule is CCC(C)Oc1cccc2c1CCCC2NC. The maximum absolute atomic E-state index is 6.03. The molecule has 2 rings (SSSR count). The van der Waals surface area contributed by atoms with Crippen molar-refractivity contribution < 1.29 is 4.74 Å². The van der Waals surface area contributed by atoms with Crippen LogP contribution in [-0.4, -0.2) is 13.2 Å². The molecule has 0 saturated carbocycles. The summed E-state index contributed by atoms with van der Waals surface area (Å²) in [6, 6.07) is 6.97. The first-order valence-electron chi connectivity index (χ1n) is 6.72. The van der Waals surface area contributed by atoms with E-state index in [4.69, 9.17) is 4.74 Å². The normalized spacial score (nSPS) is 20.8. The Bertz CT molecular complexity index is 375. The van der Waals surface area contributed by atoms with Crippen molar-refractivity contribution in [2.24, 2.45) is 0 Å². The minimum absolute atomic E-state index is 0.302. The van der Waals surface area contributed by atoms with Gasteiger partial charge in [0, 0.05) is 6.04 Å². The van der Waals surface area contributed by atoms with E-state index in [1.54, 1.807) is 0 Å². The first kappa shape index (κ1) is 12.4. The van der Waals surface area contributed by atoms with E-state index in [1.165, 1.54) is 24.0 Å². The zero-order chi connectivity index (χ0) is 12.3. The standard InChI is InChI=1S/C15H23NO/c1-4-11(2)17-15-10-6-7-12-13(15)8-5-9-14(12)16-3/h6-7,10-11,14,16H,4-5,8-9H2,1-3H3. The van der Waals surface area contributed by atoms with E-state index >= 15 is 0 Å². The van der Waals surface area contributed by atoms with Gasteiger partial charge < -0.3 is 10.1 Å². The molecule has 1 N–H and O–H groups in total. The first-order valence-corrected chi connectivity index (χ1v) is 6.72. The van der Waals surface area contributed by atoms with Crippen LogP contribution in [-0.2, 0) is 6.42 Å². The minimum atomic E-state index is 0.302. The second kappa shape index (κ2) is 5.54. The molecule has 0 bridgehead atoms. The quantitative estimate of drug-likeness (QED) is 0.860. The highest BCUT2D eigenvalue weighted by molar-refractivity contribution is 5.43. The molecule has 1 aromatic rings. The van der Waals surface area contributed by atoms with Crippen LogP contribution < -0.4 is 10.1 Å². The smallest absolute Gasteiger partial charge is 0.123 e. The number of fused-ring (bicyclic) bond motifs is 1. The van der Waals surface area contributed by atoms with Gasteiger partial charge >= 0.3 is 0 Å². The second-order valence-corrected chi connectivity index (χ2v) is 4.89. The van der Waals surface area contributed by atoms with Gasteiger partial charge in [-0.2, -0.15) is 0 Å². The lowest BCUT2D eigenvalue weighted by molar-refractivity contribution is 0.214. The zero-order valence-electron chi connectivity index (χ0n) is 11.1. The van der Waals surface area contributed by atoms with Crippen LogP contribution >= 0.6 is 0 Å². The number of ether oxygens (including phenoxy) is 1. The zero-order valence-corrected chi connectivity index (χ0v) is 11.1. The largest absolute Gasteiger partial charge is 0.490 e. The first-order chi connectivity index (χ1) is 8.26. The molecule has 0 spiro atoms. The van der Waals surface area contributed by atoms with Crippen LogP contribution in [0.15, 0.2) is 18.2 Å². The third-order valence-electron chi connectivity index (χ3n) is 3.72. The molecule has 1 aromatic carbocycles. The number of hydrogen-bond acceptors (Lipinski definition) is 2. The molecule has 1 aliphatic carbocycles. The summed E-state index contributed by atoms with van der Waals surface area (Å²) in [6.45, 7) is 4.30. The Hall–Kier alpha value is -1.02. The maximum Gasteiger partial charge on any atom is 0.123 e. The Labute approximate surface area is 104 Å². The Morgan fingerprint density at radius 2 is 2.29 bits per heavy atom. The summed E-state index contributed by atoms with van der Waals surface area (Å²) in [5, 5.41) is 3.40. The highest BCUT2D eigenvalue weighted by atomic mass is 16.5. The van der Waals surface area contributed by atoms with Gasteiger partial charge in [0.05, 0.1) is 6.10 Å². The van der Waals surface area contributed by atoms with E-state index in [2.05, 4.69) is 37.4 Å². The molecule has 0 saturated heterocycles. The van der Waals surface area contributed by atoms with Crippen LogP contribution in [0.4, 0.5) is 0 Å². The van der Waals surface area contributed by atoms with Crippen molar-refractivity contribution in [1.29, 1.82) is 0 Å². The number of hydrogen-bond donors (Lipinski definition) is 1. The lowest BCUT2D eigenvalue weighted by Crippen LogP contribution is -2.22. The molecule has 0 aromatic heterocycles. The maximum atomic E-state index is 6.03. The van der Waals surface area contributed by atoms with E-state index in [-0.39, 0.29) is 0 Å². The average Bonchev–Trinajstić information content (AvgIpc) is 2.38. The van der Waals surface area contributed by atoms with Crippen LogP contribution in [0.2, 0.25) is 0 Å². The van der Waals surface area contributed by atoms with Crippen molar-refractivity contribution in [2.75, 3.05) is 7.05 Å². The molecule has 17 heavy (non-hydrogen) atoms. The Kier molecular flexibility index (Phi) is 4.06. The molecule has 0 aliphatic heterocycles. The molecule has 2 heteroatoms. The molecule has 1 aliphatic rings. The van der Waals surface area contributed by atoms with Crippen molar-refractivity contribution in [3.63, 3.8) is 0 Å². The number of benzene rings is 1. The topological polar surface area (TPSA) is 21.3 Å². The summed E-state index contributed by atoms with van der Waals surface area (Å²) in [6.07, 6.45) is 4.99. The Morgan fingerprint density at radius 3 is 3.00 bits per heavy atom. The molecule has 2 nitrogen and oxygen atoms in total. The third kappa shape index (κ3) is 2.63. The molecule has 0 heterocycles. The third-order valence-corrected chi connectivity index (χ3v) is 3.72. The van der Waals surface area contributed by atoms with E-state index in [9.17, 15) is 0 Å². The van der Waals surface area contributed by atoms with Crippen LogP contribution in [0.5, 0.6) is 5.75 Å². The molecule has 0 fully saturated rings. The fourth-order valence-corrected chi connectivity index (χ4v) is 2.53. The number of rotatable bonds is 4. The predicted octanol–water partition coefficient (Wildman–Crippen LogP) is 3.46. The van der Waals surface area contributed by atoms with Crippen molar-refractivity contribution in [2.45, 2.75) is 51.7 Å². The summed E-state index contributed by atoms with van der Waals surface area (Å²) in [7, 11) is 2.04. The van der Waals surface area contributed by atoms with Gasteiger partial charge in [-0.1, -0.05) is 19.1 Å². The molecule has 0 radical (unpaired) electrons. The fourth-order valence-electron chi connectivity index (χ4n) is 2.53. The fraction of sp³-hybridized carbons (Fsp3) is 0.600. The van der Waals surface area contributed by atoms with Gasteiger partial charge in [-0.15, -0.1) is 0 Å². The Balaban J connectivity index is 2.29. The van der Waals surface area contributed by atoms with Gasteiger partial charge in [0.1, 0.15) is 5.75 Å². The highest BCUT2D eigenvalue weighted by Crippen LogP contribution is 2.35. The van der Waals surface area contributed by atoms with Crippen LogP contribution in [0, 0.1) is 0 Å².